The Kier molecular flexibility index (Phi) is 5.33. The number of esters is 1. The summed E-state index contributed by atoms with van der Waals surface area (Å²) in [6.07, 6.45) is 3.96. The first-order valence-corrected chi connectivity index (χ1v) is 7.59. The molecule has 0 bridgehead atoms. The molecular formula is C15H25N3O3. The topological polar surface area (TPSA) is 66.2 Å². The molecule has 6 heteroatoms. The van der Waals surface area contributed by atoms with E-state index >= 15 is 0 Å². The van der Waals surface area contributed by atoms with Crippen LogP contribution in [0, 0.1) is 11.8 Å². The molecule has 6 nitrogen and oxygen atoms in total. The fourth-order valence-corrected chi connectivity index (χ4v) is 3.03. The Morgan fingerprint density at radius 2 is 2.05 bits per heavy atom. The molecule has 2 rings (SSSR count). The summed E-state index contributed by atoms with van der Waals surface area (Å²) in [6.45, 7) is 5.12. The second kappa shape index (κ2) is 7.02. The summed E-state index contributed by atoms with van der Waals surface area (Å²) in [7, 11) is 3.02. The Labute approximate surface area is 125 Å². The minimum absolute atomic E-state index is 0.314. The minimum atomic E-state index is -0.426. The van der Waals surface area contributed by atoms with E-state index in [1.165, 1.54) is 13.5 Å². The van der Waals surface area contributed by atoms with Crippen molar-refractivity contribution in [2.75, 3.05) is 20.8 Å². The zero-order chi connectivity index (χ0) is 15.4. The Balaban J connectivity index is 2.25. The number of rotatable bonds is 5. The number of aromatic nitrogens is 3. The molecule has 1 aromatic rings. The van der Waals surface area contributed by atoms with Crippen LogP contribution in [0.4, 0.5) is 0 Å². The van der Waals surface area contributed by atoms with Crippen molar-refractivity contribution in [3.8, 4) is 0 Å². The summed E-state index contributed by atoms with van der Waals surface area (Å²) in [5.41, 5.74) is 1.15. The van der Waals surface area contributed by atoms with Crippen molar-refractivity contribution in [2.24, 2.45) is 11.8 Å². The minimum Gasteiger partial charge on any atom is -0.464 e. The van der Waals surface area contributed by atoms with E-state index in [0.717, 1.165) is 24.5 Å². The number of hydrogen-bond acceptors (Lipinski definition) is 5. The van der Waals surface area contributed by atoms with Gasteiger partial charge in [0.05, 0.1) is 25.5 Å². The van der Waals surface area contributed by atoms with Gasteiger partial charge in [0.1, 0.15) is 0 Å². The lowest BCUT2D eigenvalue weighted by molar-refractivity contribution is 0.0592. The Morgan fingerprint density at radius 3 is 2.67 bits per heavy atom. The molecular weight excluding hydrogens is 270 g/mol. The third-order valence-electron chi connectivity index (χ3n) is 4.63. The molecule has 0 aromatic carbocycles. The first kappa shape index (κ1) is 15.9. The molecule has 3 atom stereocenters. The average molecular weight is 295 g/mol. The van der Waals surface area contributed by atoms with Crippen LogP contribution in [0.3, 0.4) is 0 Å². The van der Waals surface area contributed by atoms with Gasteiger partial charge < -0.3 is 9.47 Å². The predicted octanol–water partition coefficient (Wildman–Crippen LogP) is 2.25. The van der Waals surface area contributed by atoms with E-state index in [-0.39, 0.29) is 0 Å². The molecule has 0 saturated heterocycles. The average Bonchev–Trinajstić information content (AvgIpc) is 2.90. The molecule has 1 fully saturated rings. The zero-order valence-corrected chi connectivity index (χ0v) is 13.3. The second-order valence-corrected chi connectivity index (χ2v) is 5.99. The lowest BCUT2D eigenvalue weighted by atomic mass is 9.79. The van der Waals surface area contributed by atoms with Gasteiger partial charge in [-0.1, -0.05) is 19.1 Å². The summed E-state index contributed by atoms with van der Waals surface area (Å²) in [4.78, 5) is 11.8. The molecule has 1 heterocycles. The first-order valence-electron chi connectivity index (χ1n) is 7.59. The highest BCUT2D eigenvalue weighted by molar-refractivity contribution is 5.88. The van der Waals surface area contributed by atoms with E-state index in [9.17, 15) is 4.79 Å². The Hall–Kier alpha value is -1.43. The molecule has 118 valence electrons. The van der Waals surface area contributed by atoms with Crippen LogP contribution in [0.15, 0.2) is 0 Å². The fourth-order valence-electron chi connectivity index (χ4n) is 3.03. The highest BCUT2D eigenvalue weighted by atomic mass is 16.5. The smallest absolute Gasteiger partial charge is 0.360 e. The van der Waals surface area contributed by atoms with Crippen LogP contribution in [0.5, 0.6) is 0 Å². The van der Waals surface area contributed by atoms with Crippen LogP contribution in [-0.2, 0) is 15.9 Å². The van der Waals surface area contributed by atoms with Gasteiger partial charge in [-0.2, -0.15) is 0 Å². The molecule has 1 aromatic heterocycles. The predicted molar refractivity (Wildman–Crippen MR) is 78.2 cm³/mol. The van der Waals surface area contributed by atoms with Crippen molar-refractivity contribution in [3.05, 3.63) is 11.4 Å². The van der Waals surface area contributed by atoms with E-state index in [1.807, 2.05) is 4.68 Å². The number of carbonyl (C=O) groups is 1. The Bertz CT molecular complexity index is 487. The maximum Gasteiger partial charge on any atom is 0.360 e. The van der Waals surface area contributed by atoms with Gasteiger partial charge in [-0.25, -0.2) is 9.48 Å². The maximum absolute atomic E-state index is 11.8. The molecule has 0 N–H and O–H groups in total. The summed E-state index contributed by atoms with van der Waals surface area (Å²) >= 11 is 0. The molecule has 1 aliphatic carbocycles. The van der Waals surface area contributed by atoms with Crippen LogP contribution in [0.25, 0.3) is 0 Å². The van der Waals surface area contributed by atoms with Gasteiger partial charge >= 0.3 is 5.97 Å². The van der Waals surface area contributed by atoms with Gasteiger partial charge in [-0.3, -0.25) is 0 Å². The van der Waals surface area contributed by atoms with Crippen LogP contribution in [-0.4, -0.2) is 41.8 Å². The summed E-state index contributed by atoms with van der Waals surface area (Å²) in [5.74, 6) is 0.974. The van der Waals surface area contributed by atoms with Crippen LogP contribution < -0.4 is 0 Å². The first-order chi connectivity index (χ1) is 10.1. The molecule has 0 radical (unpaired) electrons. The normalized spacial score (nSPS) is 25.8. The summed E-state index contributed by atoms with van der Waals surface area (Å²) in [5, 5.41) is 8.27. The van der Waals surface area contributed by atoms with Gasteiger partial charge in [0.2, 0.25) is 0 Å². The standard InChI is InChI=1S/C15H25N3O3/c1-10-5-6-12(9-11(10)2)18-13(7-8-20-3)14(16-17-18)15(19)21-4/h10-12H,5-9H2,1-4H3. The molecule has 3 unspecified atom stereocenters. The van der Waals surface area contributed by atoms with E-state index in [4.69, 9.17) is 9.47 Å². The van der Waals surface area contributed by atoms with E-state index in [2.05, 4.69) is 24.2 Å². The molecule has 1 saturated carbocycles. The largest absolute Gasteiger partial charge is 0.464 e. The van der Waals surface area contributed by atoms with E-state index in [1.54, 1.807) is 7.11 Å². The third kappa shape index (κ3) is 3.43. The quantitative estimate of drug-likeness (QED) is 0.779. The number of hydrogen-bond donors (Lipinski definition) is 0. The lowest BCUT2D eigenvalue weighted by Gasteiger charge is -2.32. The lowest BCUT2D eigenvalue weighted by Crippen LogP contribution is -2.26. The summed E-state index contributed by atoms with van der Waals surface area (Å²) < 4.78 is 11.9. The van der Waals surface area contributed by atoms with Gasteiger partial charge in [0, 0.05) is 13.5 Å². The summed E-state index contributed by atoms with van der Waals surface area (Å²) in [6, 6.07) is 0.314. The molecule has 21 heavy (non-hydrogen) atoms. The van der Waals surface area contributed by atoms with Gasteiger partial charge in [-0.05, 0) is 31.1 Å². The SMILES string of the molecule is COCCc1c(C(=O)OC)nnn1C1CCC(C)C(C)C1. The van der Waals surface area contributed by atoms with Crippen molar-refractivity contribution < 1.29 is 14.3 Å². The van der Waals surface area contributed by atoms with Crippen LogP contribution in [0.1, 0.15) is 55.3 Å². The third-order valence-corrected chi connectivity index (χ3v) is 4.63. The molecule has 0 amide bonds. The number of ether oxygens (including phenoxy) is 2. The van der Waals surface area contributed by atoms with Gasteiger partial charge in [0.25, 0.3) is 0 Å². The number of carbonyl (C=O) groups excluding carboxylic acids is 1. The van der Waals surface area contributed by atoms with Crippen molar-refractivity contribution >= 4 is 5.97 Å². The van der Waals surface area contributed by atoms with Gasteiger partial charge in [-0.15, -0.1) is 5.10 Å². The highest BCUT2D eigenvalue weighted by Crippen LogP contribution is 2.36. The maximum atomic E-state index is 11.8. The monoisotopic (exact) mass is 295 g/mol. The van der Waals surface area contributed by atoms with Crippen LogP contribution >= 0.6 is 0 Å². The highest BCUT2D eigenvalue weighted by Gasteiger charge is 2.30. The molecule has 0 spiro atoms. The Morgan fingerprint density at radius 1 is 1.29 bits per heavy atom. The zero-order valence-electron chi connectivity index (χ0n) is 13.3. The number of nitrogens with zero attached hydrogens (tertiary/aromatic N) is 3. The van der Waals surface area contributed by atoms with E-state index < -0.39 is 5.97 Å². The van der Waals surface area contributed by atoms with Gasteiger partial charge in [0.15, 0.2) is 5.69 Å². The fraction of sp³-hybridized carbons (Fsp3) is 0.800. The second-order valence-electron chi connectivity index (χ2n) is 5.99. The van der Waals surface area contributed by atoms with Crippen molar-refractivity contribution in [3.63, 3.8) is 0 Å². The van der Waals surface area contributed by atoms with Crippen molar-refractivity contribution in [2.45, 2.75) is 45.6 Å². The molecule has 0 aliphatic heterocycles. The number of methoxy groups -OCH3 is 2. The molecule has 1 aliphatic rings. The van der Waals surface area contributed by atoms with Crippen molar-refractivity contribution in [1.29, 1.82) is 0 Å². The van der Waals surface area contributed by atoms with Crippen LogP contribution in [0.2, 0.25) is 0 Å². The van der Waals surface area contributed by atoms with Crippen molar-refractivity contribution in [1.82, 2.24) is 15.0 Å². The van der Waals surface area contributed by atoms with E-state index in [0.29, 0.717) is 30.7 Å².